The van der Waals surface area contributed by atoms with Crippen LogP contribution in [0.3, 0.4) is 0 Å². The Hall–Kier alpha value is -0.690. The predicted molar refractivity (Wildman–Crippen MR) is 67.1 cm³/mol. The van der Waals surface area contributed by atoms with Crippen LogP contribution in [0.4, 0.5) is 0 Å². The molecule has 3 nitrogen and oxygen atoms in total. The maximum absolute atomic E-state index is 12.2. The van der Waals surface area contributed by atoms with Crippen molar-refractivity contribution in [1.82, 2.24) is 4.90 Å². The van der Waals surface area contributed by atoms with Crippen LogP contribution < -0.4 is 0 Å². The summed E-state index contributed by atoms with van der Waals surface area (Å²) in [5, 5.41) is 8.75. The van der Waals surface area contributed by atoms with Gasteiger partial charge in [0.05, 0.1) is 17.7 Å². The Morgan fingerprint density at radius 1 is 1.62 bits per heavy atom. The first-order chi connectivity index (χ1) is 7.65. The van der Waals surface area contributed by atoms with Crippen molar-refractivity contribution in [3.8, 4) is 6.07 Å². The van der Waals surface area contributed by atoms with Crippen molar-refractivity contribution in [1.29, 1.82) is 5.26 Å². The van der Waals surface area contributed by atoms with Gasteiger partial charge in [0, 0.05) is 13.1 Å². The Morgan fingerprint density at radius 2 is 2.38 bits per heavy atom. The Morgan fingerprint density at radius 3 is 2.88 bits per heavy atom. The van der Waals surface area contributed by atoms with Crippen molar-refractivity contribution in [3.63, 3.8) is 0 Å². The van der Waals surface area contributed by atoms with Gasteiger partial charge in [-0.25, -0.2) is 0 Å². The Bertz CT molecular complexity index is 267. The van der Waals surface area contributed by atoms with Gasteiger partial charge in [0.25, 0.3) is 0 Å². The van der Waals surface area contributed by atoms with Crippen molar-refractivity contribution >= 4 is 17.7 Å². The summed E-state index contributed by atoms with van der Waals surface area (Å²) in [6.45, 7) is 5.57. The van der Waals surface area contributed by atoms with E-state index in [0.717, 1.165) is 25.1 Å². The minimum Gasteiger partial charge on any atom is -0.340 e. The second-order valence-corrected chi connectivity index (χ2v) is 5.90. The number of thioether (sulfide) groups is 1. The number of hydrogen-bond acceptors (Lipinski definition) is 3. The van der Waals surface area contributed by atoms with Gasteiger partial charge in [-0.05, 0) is 24.5 Å². The lowest BCUT2D eigenvalue weighted by Crippen LogP contribution is -2.39. The summed E-state index contributed by atoms with van der Waals surface area (Å²) in [6.07, 6.45) is 2.59. The molecule has 90 valence electrons. The monoisotopic (exact) mass is 240 g/mol. The van der Waals surface area contributed by atoms with Gasteiger partial charge in [0.1, 0.15) is 0 Å². The van der Waals surface area contributed by atoms with E-state index in [1.54, 1.807) is 11.8 Å². The van der Waals surface area contributed by atoms with Gasteiger partial charge in [-0.1, -0.05) is 13.8 Å². The van der Waals surface area contributed by atoms with Gasteiger partial charge in [-0.2, -0.15) is 5.26 Å². The van der Waals surface area contributed by atoms with Crippen LogP contribution in [0.15, 0.2) is 0 Å². The van der Waals surface area contributed by atoms with Crippen molar-refractivity contribution < 1.29 is 4.79 Å². The molecule has 0 aliphatic carbocycles. The fourth-order valence-corrected chi connectivity index (χ4v) is 3.14. The molecule has 0 aromatic heterocycles. The second kappa shape index (κ2) is 6.80. The minimum atomic E-state index is 0.150. The zero-order valence-electron chi connectivity index (χ0n) is 10.1. The van der Waals surface area contributed by atoms with E-state index in [1.807, 2.05) is 4.90 Å². The lowest BCUT2D eigenvalue weighted by molar-refractivity contribution is -0.131. The Balaban J connectivity index is 2.52. The molecule has 0 N–H and O–H groups in total. The van der Waals surface area contributed by atoms with Crippen LogP contribution in [0, 0.1) is 17.2 Å². The first-order valence-electron chi connectivity index (χ1n) is 5.92. The summed E-state index contributed by atoms with van der Waals surface area (Å²) in [4.78, 5) is 14.1. The van der Waals surface area contributed by atoms with Crippen LogP contribution in [-0.4, -0.2) is 34.9 Å². The van der Waals surface area contributed by atoms with Crippen molar-refractivity contribution in [2.24, 2.45) is 5.92 Å². The molecular weight excluding hydrogens is 220 g/mol. The summed E-state index contributed by atoms with van der Waals surface area (Å²) < 4.78 is 0. The lowest BCUT2D eigenvalue weighted by Gasteiger charge is -2.26. The molecule has 1 rings (SSSR count). The zero-order valence-corrected chi connectivity index (χ0v) is 10.9. The first kappa shape index (κ1) is 13.4. The fraction of sp³-hybridized carbons (Fsp3) is 0.833. The molecule has 1 amide bonds. The van der Waals surface area contributed by atoms with E-state index in [-0.39, 0.29) is 11.2 Å². The molecule has 16 heavy (non-hydrogen) atoms. The van der Waals surface area contributed by atoms with Gasteiger partial charge in [-0.3, -0.25) is 4.79 Å². The molecule has 4 heteroatoms. The summed E-state index contributed by atoms with van der Waals surface area (Å²) >= 11 is 1.77. The quantitative estimate of drug-likeness (QED) is 0.740. The van der Waals surface area contributed by atoms with Crippen molar-refractivity contribution in [2.75, 3.05) is 18.8 Å². The van der Waals surface area contributed by atoms with E-state index in [0.29, 0.717) is 18.9 Å². The number of carbonyl (C=O) groups excluding carboxylic acids is 1. The molecule has 1 fully saturated rings. The number of nitrogens with zero attached hydrogens (tertiary/aromatic N) is 2. The third kappa shape index (κ3) is 4.05. The molecule has 0 bridgehead atoms. The summed E-state index contributed by atoms with van der Waals surface area (Å²) in [6, 6.07) is 2.12. The number of nitriles is 1. The van der Waals surface area contributed by atoms with Crippen LogP contribution in [0.25, 0.3) is 0 Å². The predicted octanol–water partition coefficient (Wildman–Crippen LogP) is 2.28. The smallest absolute Gasteiger partial charge is 0.235 e. The molecule has 1 heterocycles. The standard InChI is InChI=1S/C12H20N2OS/c1-10(2)9-14(7-4-6-13)12(15)11-5-3-8-16-11/h10-11H,3-5,7-9H2,1-2H3. The largest absolute Gasteiger partial charge is 0.340 e. The number of hydrogen-bond donors (Lipinski definition) is 0. The molecule has 0 aromatic carbocycles. The lowest BCUT2D eigenvalue weighted by atomic mass is 10.1. The van der Waals surface area contributed by atoms with E-state index in [2.05, 4.69) is 19.9 Å². The molecule has 1 atom stereocenters. The average Bonchev–Trinajstić information content (AvgIpc) is 2.76. The van der Waals surface area contributed by atoms with Crippen LogP contribution in [0.1, 0.15) is 33.1 Å². The molecule has 0 radical (unpaired) electrons. The van der Waals surface area contributed by atoms with Gasteiger partial charge >= 0.3 is 0 Å². The molecule has 0 aromatic rings. The van der Waals surface area contributed by atoms with E-state index in [4.69, 9.17) is 5.26 Å². The molecule has 1 aliphatic rings. The number of amides is 1. The molecule has 1 aliphatic heterocycles. The molecule has 1 saturated heterocycles. The highest BCUT2D eigenvalue weighted by Crippen LogP contribution is 2.28. The molecule has 0 saturated carbocycles. The third-order valence-electron chi connectivity index (χ3n) is 2.60. The van der Waals surface area contributed by atoms with E-state index >= 15 is 0 Å². The van der Waals surface area contributed by atoms with Crippen LogP contribution in [0.5, 0.6) is 0 Å². The summed E-state index contributed by atoms with van der Waals surface area (Å²) in [7, 11) is 0. The van der Waals surface area contributed by atoms with E-state index < -0.39 is 0 Å². The Labute approximate surface area is 102 Å². The highest BCUT2D eigenvalue weighted by atomic mass is 32.2. The van der Waals surface area contributed by atoms with Gasteiger partial charge < -0.3 is 4.90 Å². The van der Waals surface area contributed by atoms with E-state index in [1.165, 1.54) is 0 Å². The molecular formula is C12H20N2OS. The number of carbonyl (C=O) groups is 1. The zero-order chi connectivity index (χ0) is 12.0. The number of rotatable bonds is 5. The highest BCUT2D eigenvalue weighted by molar-refractivity contribution is 8.00. The third-order valence-corrected chi connectivity index (χ3v) is 3.96. The van der Waals surface area contributed by atoms with Gasteiger partial charge in [0.15, 0.2) is 0 Å². The molecule has 0 spiro atoms. The van der Waals surface area contributed by atoms with E-state index in [9.17, 15) is 4.79 Å². The SMILES string of the molecule is CC(C)CN(CCC#N)C(=O)C1CCCS1. The minimum absolute atomic E-state index is 0.150. The maximum atomic E-state index is 12.2. The van der Waals surface area contributed by atoms with Crippen LogP contribution >= 0.6 is 11.8 Å². The van der Waals surface area contributed by atoms with Gasteiger partial charge in [0.2, 0.25) is 5.91 Å². The highest BCUT2D eigenvalue weighted by Gasteiger charge is 2.27. The van der Waals surface area contributed by atoms with Crippen LogP contribution in [0.2, 0.25) is 0 Å². The average molecular weight is 240 g/mol. The Kier molecular flexibility index (Phi) is 5.68. The maximum Gasteiger partial charge on any atom is 0.235 e. The topological polar surface area (TPSA) is 44.1 Å². The fourth-order valence-electron chi connectivity index (χ4n) is 1.89. The second-order valence-electron chi connectivity index (χ2n) is 4.59. The normalized spacial score (nSPS) is 19.8. The van der Waals surface area contributed by atoms with Gasteiger partial charge in [-0.15, -0.1) is 11.8 Å². The van der Waals surface area contributed by atoms with Crippen LogP contribution in [-0.2, 0) is 4.79 Å². The summed E-state index contributed by atoms with van der Waals surface area (Å²) in [5.74, 6) is 1.81. The molecule has 1 unspecified atom stereocenters. The van der Waals surface area contributed by atoms with Crippen molar-refractivity contribution in [3.05, 3.63) is 0 Å². The summed E-state index contributed by atoms with van der Waals surface area (Å²) in [5.41, 5.74) is 0. The first-order valence-corrected chi connectivity index (χ1v) is 6.97. The van der Waals surface area contributed by atoms with Crippen molar-refractivity contribution in [2.45, 2.75) is 38.4 Å².